The lowest BCUT2D eigenvalue weighted by atomic mass is 9.76. The van der Waals surface area contributed by atoms with Gasteiger partial charge in [0, 0.05) is 10.9 Å². The lowest BCUT2D eigenvalue weighted by molar-refractivity contribution is -0.146. The number of hydrogen-bond acceptors (Lipinski definition) is 5. The lowest BCUT2D eigenvalue weighted by Gasteiger charge is -2.29. The summed E-state index contributed by atoms with van der Waals surface area (Å²) in [4.78, 5) is 37.9. The van der Waals surface area contributed by atoms with E-state index in [2.05, 4.69) is 24.4 Å². The highest BCUT2D eigenvalue weighted by Gasteiger charge is 2.38. The molecule has 0 aliphatic heterocycles. The number of carbonyl (C=O) groups is 3. The second kappa shape index (κ2) is 11.5. The van der Waals surface area contributed by atoms with E-state index in [0.717, 1.165) is 36.0 Å². The predicted molar refractivity (Wildman–Crippen MR) is 135 cm³/mol. The number of aliphatic carboxylic acids is 1. The van der Waals surface area contributed by atoms with Crippen LogP contribution in [-0.2, 0) is 20.7 Å². The molecular weight excluding hydrogens is 450 g/mol. The summed E-state index contributed by atoms with van der Waals surface area (Å²) in [5.41, 5.74) is 5.18. The van der Waals surface area contributed by atoms with E-state index < -0.39 is 23.8 Å². The average Bonchev–Trinajstić information content (AvgIpc) is 3.23. The highest BCUT2D eigenvalue weighted by molar-refractivity contribution is 7.15. The van der Waals surface area contributed by atoms with E-state index >= 15 is 0 Å². The lowest BCUT2D eigenvalue weighted by Crippen LogP contribution is -2.36. The van der Waals surface area contributed by atoms with Gasteiger partial charge in [-0.15, -0.1) is 11.3 Å². The molecule has 182 valence electrons. The number of thiophene rings is 1. The van der Waals surface area contributed by atoms with Gasteiger partial charge in [-0.05, 0) is 57.6 Å². The van der Waals surface area contributed by atoms with E-state index in [4.69, 9.17) is 4.74 Å². The second-order valence-electron chi connectivity index (χ2n) is 8.88. The Hall–Kier alpha value is -2.93. The van der Waals surface area contributed by atoms with Crippen LogP contribution in [0.25, 0.3) is 11.1 Å². The van der Waals surface area contributed by atoms with Crippen molar-refractivity contribution >= 4 is 34.2 Å². The number of hydrogen-bond donors (Lipinski definition) is 2. The third-order valence-corrected chi connectivity index (χ3v) is 7.41. The maximum atomic E-state index is 13.2. The monoisotopic (exact) mass is 483 g/mol. The number of nitrogens with one attached hydrogen (secondary N) is 1. The zero-order chi connectivity index (χ0) is 24.8. The number of ether oxygens (including phenoxy) is 1. The van der Waals surface area contributed by atoms with Gasteiger partial charge in [0.1, 0.15) is 10.6 Å². The molecule has 0 spiro atoms. The van der Waals surface area contributed by atoms with E-state index in [0.29, 0.717) is 29.0 Å². The Morgan fingerprint density at radius 3 is 2.29 bits per heavy atom. The average molecular weight is 484 g/mol. The molecule has 0 radical (unpaired) electrons. The molecule has 2 atom stereocenters. The number of carboxylic acids is 1. The van der Waals surface area contributed by atoms with E-state index in [9.17, 15) is 19.5 Å². The number of anilines is 1. The van der Waals surface area contributed by atoms with Crippen molar-refractivity contribution in [2.75, 3.05) is 11.9 Å². The molecule has 2 N–H and O–H groups in total. The van der Waals surface area contributed by atoms with Crippen LogP contribution in [0.4, 0.5) is 5.00 Å². The van der Waals surface area contributed by atoms with Crippen LogP contribution < -0.4 is 5.32 Å². The highest BCUT2D eigenvalue weighted by atomic mass is 32.1. The van der Waals surface area contributed by atoms with Crippen molar-refractivity contribution in [3.63, 3.8) is 0 Å². The number of esters is 1. The summed E-state index contributed by atoms with van der Waals surface area (Å²) in [5.74, 6) is -3.35. The zero-order valence-electron chi connectivity index (χ0n) is 20.3. The van der Waals surface area contributed by atoms with Crippen LogP contribution in [0.2, 0.25) is 0 Å². The Bertz CT molecular complexity index is 1080. The van der Waals surface area contributed by atoms with Crippen LogP contribution in [0.5, 0.6) is 0 Å². The molecule has 0 saturated heterocycles. The molecule has 1 aromatic heterocycles. The summed E-state index contributed by atoms with van der Waals surface area (Å²) in [5, 5.41) is 14.8. The fraction of sp³-hybridized carbons (Fsp3) is 0.444. The minimum absolute atomic E-state index is 0.213. The number of carboxylic acid groups (broad SMARTS) is 1. The number of amides is 1. The van der Waals surface area contributed by atoms with Gasteiger partial charge in [-0.2, -0.15) is 0 Å². The van der Waals surface area contributed by atoms with E-state index in [1.807, 2.05) is 31.4 Å². The fourth-order valence-corrected chi connectivity index (χ4v) is 5.29. The van der Waals surface area contributed by atoms with Crippen molar-refractivity contribution in [1.29, 1.82) is 0 Å². The number of rotatable bonds is 9. The molecule has 7 heteroatoms. The maximum absolute atomic E-state index is 13.2. The summed E-state index contributed by atoms with van der Waals surface area (Å²) in [6.45, 7) is 7.96. The van der Waals surface area contributed by atoms with Crippen molar-refractivity contribution in [2.45, 2.75) is 59.8 Å². The minimum atomic E-state index is -0.979. The largest absolute Gasteiger partial charge is 0.481 e. The molecule has 34 heavy (non-hydrogen) atoms. The van der Waals surface area contributed by atoms with Gasteiger partial charge in [-0.25, -0.2) is 4.79 Å². The van der Waals surface area contributed by atoms with Crippen LogP contribution in [0.1, 0.15) is 69.3 Å². The molecule has 0 unspecified atom stereocenters. The van der Waals surface area contributed by atoms with Crippen LogP contribution in [0.15, 0.2) is 40.8 Å². The summed E-state index contributed by atoms with van der Waals surface area (Å²) < 4.78 is 5.30. The molecule has 0 fully saturated rings. The molecule has 3 rings (SSSR count). The molecule has 6 nitrogen and oxygen atoms in total. The quantitative estimate of drug-likeness (QED) is 0.322. The topological polar surface area (TPSA) is 92.7 Å². The first kappa shape index (κ1) is 25.7. The molecule has 1 aliphatic rings. The summed E-state index contributed by atoms with van der Waals surface area (Å²) >= 11 is 1.25. The number of unbranched alkanes of at least 4 members (excludes halogenated alkanes) is 1. The Balaban J connectivity index is 1.91. The minimum Gasteiger partial charge on any atom is -0.481 e. The van der Waals surface area contributed by atoms with Crippen LogP contribution in [0.3, 0.4) is 0 Å². The normalized spacial score (nSPS) is 18.0. The zero-order valence-corrected chi connectivity index (χ0v) is 21.1. The summed E-state index contributed by atoms with van der Waals surface area (Å²) in [6.07, 6.45) is 3.99. The van der Waals surface area contributed by atoms with Gasteiger partial charge in [0.25, 0.3) is 0 Å². The second-order valence-corrected chi connectivity index (χ2v) is 9.76. The first-order chi connectivity index (χ1) is 16.3. The van der Waals surface area contributed by atoms with Crippen molar-refractivity contribution in [3.8, 4) is 11.1 Å². The first-order valence-corrected chi connectivity index (χ1v) is 12.7. The molecule has 1 heterocycles. The number of benzene rings is 1. The summed E-state index contributed by atoms with van der Waals surface area (Å²) in [6, 6.07) is 8.10. The highest BCUT2D eigenvalue weighted by Crippen LogP contribution is 2.39. The van der Waals surface area contributed by atoms with Gasteiger partial charge in [0.2, 0.25) is 5.91 Å². The molecule has 1 aromatic carbocycles. The SMILES string of the molecule is CCCCc1ccc(-c2csc(NC(=O)[C@H]3CC(C)=C(C)C[C@@H]3C(=O)O)c2C(=O)OCC)cc1. The number of carbonyl (C=O) groups excluding carboxylic acids is 2. The van der Waals surface area contributed by atoms with Crippen molar-refractivity contribution < 1.29 is 24.2 Å². The molecule has 0 bridgehead atoms. The fourth-order valence-electron chi connectivity index (χ4n) is 4.33. The van der Waals surface area contributed by atoms with E-state index in [-0.39, 0.29) is 12.5 Å². The molecular formula is C27H33NO5S. The first-order valence-electron chi connectivity index (χ1n) is 11.8. The van der Waals surface area contributed by atoms with Gasteiger partial charge < -0.3 is 15.2 Å². The summed E-state index contributed by atoms with van der Waals surface area (Å²) in [7, 11) is 0. The third kappa shape index (κ3) is 5.76. The van der Waals surface area contributed by atoms with Gasteiger partial charge in [0.05, 0.1) is 18.4 Å². The van der Waals surface area contributed by atoms with E-state index in [1.165, 1.54) is 16.9 Å². The Morgan fingerprint density at radius 1 is 1.06 bits per heavy atom. The molecule has 1 amide bonds. The Kier molecular flexibility index (Phi) is 8.67. The molecule has 1 aliphatic carbocycles. The van der Waals surface area contributed by atoms with Crippen molar-refractivity contribution in [3.05, 3.63) is 51.9 Å². The Morgan fingerprint density at radius 2 is 1.71 bits per heavy atom. The van der Waals surface area contributed by atoms with Crippen molar-refractivity contribution in [1.82, 2.24) is 0 Å². The van der Waals surface area contributed by atoms with Gasteiger partial charge >= 0.3 is 11.9 Å². The van der Waals surface area contributed by atoms with E-state index in [1.54, 1.807) is 6.92 Å². The smallest absolute Gasteiger partial charge is 0.341 e. The molecule has 2 aromatic rings. The van der Waals surface area contributed by atoms with Crippen LogP contribution in [-0.4, -0.2) is 29.6 Å². The number of allylic oxidation sites excluding steroid dienone is 2. The Labute approximate surface area is 205 Å². The predicted octanol–water partition coefficient (Wildman–Crippen LogP) is 6.32. The molecule has 0 saturated carbocycles. The van der Waals surface area contributed by atoms with Gasteiger partial charge in [-0.3, -0.25) is 9.59 Å². The maximum Gasteiger partial charge on any atom is 0.341 e. The number of aryl methyl sites for hydroxylation is 1. The van der Waals surface area contributed by atoms with Crippen LogP contribution in [0, 0.1) is 11.8 Å². The standard InChI is InChI=1S/C27H33NO5S/c1-5-7-8-18-9-11-19(12-10-18)22-15-34-25(23(22)27(32)33-6-2)28-24(29)20-13-16(3)17(4)14-21(20)26(30)31/h9-12,15,20-21H,5-8,13-14H2,1-4H3,(H,28,29)(H,30,31)/t20-,21-/m0/s1. The van der Waals surface area contributed by atoms with Gasteiger partial charge in [-0.1, -0.05) is 48.8 Å². The van der Waals surface area contributed by atoms with Crippen molar-refractivity contribution in [2.24, 2.45) is 11.8 Å². The van der Waals surface area contributed by atoms with Crippen LogP contribution >= 0.6 is 11.3 Å². The third-order valence-electron chi connectivity index (χ3n) is 6.51. The van der Waals surface area contributed by atoms with Gasteiger partial charge in [0.15, 0.2) is 0 Å².